The molecule has 0 saturated carbocycles. The highest BCUT2D eigenvalue weighted by molar-refractivity contribution is 6.11. The lowest BCUT2D eigenvalue weighted by Crippen LogP contribution is -2.02. The van der Waals surface area contributed by atoms with Gasteiger partial charge in [0.25, 0.3) is 0 Å². The fourth-order valence-corrected chi connectivity index (χ4v) is 2.71. The van der Waals surface area contributed by atoms with Crippen molar-refractivity contribution < 1.29 is 4.74 Å². The Balaban J connectivity index is 2.17. The number of anilines is 2. The van der Waals surface area contributed by atoms with Crippen LogP contribution in [-0.2, 0) is 0 Å². The molecule has 0 atom stereocenters. The summed E-state index contributed by atoms with van der Waals surface area (Å²) in [5.41, 5.74) is 5.52. The van der Waals surface area contributed by atoms with Gasteiger partial charge in [-0.3, -0.25) is 4.98 Å². The minimum Gasteiger partial charge on any atom is -0.494 e. The molecule has 1 aliphatic rings. The number of nitrogens with one attached hydrogen (secondary N) is 1. The summed E-state index contributed by atoms with van der Waals surface area (Å²) < 4.78 is 5.40. The van der Waals surface area contributed by atoms with Gasteiger partial charge in [-0.2, -0.15) is 0 Å². The Bertz CT molecular complexity index is 796. The third kappa shape index (κ3) is 1.35. The Morgan fingerprint density at radius 2 is 1.84 bits per heavy atom. The zero-order valence-electron chi connectivity index (χ0n) is 10.5. The van der Waals surface area contributed by atoms with E-state index < -0.39 is 0 Å². The number of hydrogen-bond donors (Lipinski definition) is 1. The number of rotatable bonds is 1. The summed E-state index contributed by atoms with van der Waals surface area (Å²) in [7, 11) is 1.68. The minimum absolute atomic E-state index is 0.807. The van der Waals surface area contributed by atoms with Gasteiger partial charge >= 0.3 is 0 Å². The van der Waals surface area contributed by atoms with Crippen LogP contribution in [0.25, 0.3) is 22.0 Å². The number of benzene rings is 2. The zero-order valence-corrected chi connectivity index (χ0v) is 10.5. The standard InChI is InChI=1S/C16H12N2O/c1-19-14-7-6-13-15-11(8-9-17-16(14)15)10-4-2-3-5-12(10)18-13/h2-9,18H,1H3. The van der Waals surface area contributed by atoms with E-state index >= 15 is 0 Å². The highest BCUT2D eigenvalue weighted by atomic mass is 16.5. The maximum absolute atomic E-state index is 5.40. The maximum atomic E-state index is 5.40. The monoisotopic (exact) mass is 248 g/mol. The second-order valence-corrected chi connectivity index (χ2v) is 4.57. The molecule has 0 unspecified atom stereocenters. The predicted molar refractivity (Wildman–Crippen MR) is 77.0 cm³/mol. The number of hydrogen-bond acceptors (Lipinski definition) is 3. The smallest absolute Gasteiger partial charge is 0.145 e. The number of pyridine rings is 1. The third-order valence-electron chi connectivity index (χ3n) is 3.56. The molecule has 3 nitrogen and oxygen atoms in total. The van der Waals surface area contributed by atoms with Crippen LogP contribution in [0.3, 0.4) is 0 Å². The Morgan fingerprint density at radius 1 is 0.947 bits per heavy atom. The van der Waals surface area contributed by atoms with E-state index in [2.05, 4.69) is 34.6 Å². The SMILES string of the molecule is COc1ccc2c3c(ccnc13)-c1ccccc1N2. The Hall–Kier alpha value is -2.55. The number of fused-ring (bicyclic) bond motifs is 2. The van der Waals surface area contributed by atoms with Gasteiger partial charge in [0, 0.05) is 28.5 Å². The summed E-state index contributed by atoms with van der Waals surface area (Å²) in [5, 5.41) is 4.59. The second kappa shape index (κ2) is 3.72. The van der Waals surface area contributed by atoms with Crippen molar-refractivity contribution in [2.75, 3.05) is 12.4 Å². The van der Waals surface area contributed by atoms with Crippen molar-refractivity contribution in [2.24, 2.45) is 0 Å². The first-order chi connectivity index (χ1) is 9.38. The summed E-state index contributed by atoms with van der Waals surface area (Å²) in [5.74, 6) is 0.807. The van der Waals surface area contributed by atoms with Crippen molar-refractivity contribution in [3.05, 3.63) is 48.7 Å². The number of methoxy groups -OCH3 is 1. The van der Waals surface area contributed by atoms with Crippen LogP contribution < -0.4 is 10.1 Å². The zero-order chi connectivity index (χ0) is 12.8. The van der Waals surface area contributed by atoms with Crippen molar-refractivity contribution in [2.45, 2.75) is 0 Å². The number of ether oxygens (including phenoxy) is 1. The van der Waals surface area contributed by atoms with Gasteiger partial charge in [0.05, 0.1) is 7.11 Å². The summed E-state index contributed by atoms with van der Waals surface area (Å²) >= 11 is 0. The van der Waals surface area contributed by atoms with Crippen LogP contribution in [0.1, 0.15) is 0 Å². The lowest BCUT2D eigenvalue weighted by Gasteiger charge is -2.22. The van der Waals surface area contributed by atoms with Crippen LogP contribution in [0.2, 0.25) is 0 Å². The van der Waals surface area contributed by atoms with E-state index in [1.54, 1.807) is 7.11 Å². The molecule has 1 N–H and O–H groups in total. The van der Waals surface area contributed by atoms with E-state index in [0.29, 0.717) is 0 Å². The maximum Gasteiger partial charge on any atom is 0.145 e. The van der Waals surface area contributed by atoms with E-state index in [0.717, 1.165) is 28.0 Å². The highest BCUT2D eigenvalue weighted by Gasteiger charge is 2.19. The van der Waals surface area contributed by atoms with Crippen LogP contribution in [0.4, 0.5) is 11.4 Å². The van der Waals surface area contributed by atoms with Crippen LogP contribution in [0.5, 0.6) is 5.75 Å². The van der Waals surface area contributed by atoms with Crippen LogP contribution in [-0.4, -0.2) is 12.1 Å². The lowest BCUT2D eigenvalue weighted by molar-refractivity contribution is 0.419. The molecule has 0 radical (unpaired) electrons. The van der Waals surface area contributed by atoms with Gasteiger partial charge in [0.15, 0.2) is 0 Å². The fourth-order valence-electron chi connectivity index (χ4n) is 2.71. The van der Waals surface area contributed by atoms with Crippen LogP contribution >= 0.6 is 0 Å². The average molecular weight is 248 g/mol. The normalized spacial score (nSPS) is 11.8. The van der Waals surface area contributed by atoms with E-state index in [1.165, 1.54) is 11.1 Å². The summed E-state index contributed by atoms with van der Waals surface area (Å²) in [4.78, 5) is 4.46. The molecule has 0 spiro atoms. The van der Waals surface area contributed by atoms with Gasteiger partial charge in [-0.05, 0) is 29.8 Å². The van der Waals surface area contributed by atoms with E-state index in [-0.39, 0.29) is 0 Å². The molecule has 0 aliphatic carbocycles. The molecule has 19 heavy (non-hydrogen) atoms. The first kappa shape index (κ1) is 10.4. The molecule has 1 aliphatic heterocycles. The quantitative estimate of drug-likeness (QED) is 0.553. The molecular formula is C16H12N2O. The molecule has 0 amide bonds. The van der Waals surface area contributed by atoms with Gasteiger partial charge < -0.3 is 10.1 Å². The number of para-hydroxylation sites is 1. The summed E-state index contributed by atoms with van der Waals surface area (Å²) in [6.45, 7) is 0. The minimum atomic E-state index is 0.807. The second-order valence-electron chi connectivity index (χ2n) is 4.57. The molecule has 1 aromatic heterocycles. The van der Waals surface area contributed by atoms with Crippen LogP contribution in [0, 0.1) is 0 Å². The van der Waals surface area contributed by atoms with Gasteiger partial charge in [-0.25, -0.2) is 0 Å². The highest BCUT2D eigenvalue weighted by Crippen LogP contribution is 2.44. The number of nitrogens with zero attached hydrogens (tertiary/aromatic N) is 1. The lowest BCUT2D eigenvalue weighted by atomic mass is 9.95. The Morgan fingerprint density at radius 3 is 2.74 bits per heavy atom. The molecule has 4 rings (SSSR count). The summed E-state index contributed by atoms with van der Waals surface area (Å²) in [6.07, 6.45) is 1.84. The molecule has 3 aromatic rings. The van der Waals surface area contributed by atoms with Crippen molar-refractivity contribution in [1.82, 2.24) is 4.98 Å². The Kier molecular flexibility index (Phi) is 2.03. The molecule has 2 heterocycles. The summed E-state index contributed by atoms with van der Waals surface area (Å²) in [6, 6.07) is 14.4. The largest absolute Gasteiger partial charge is 0.494 e. The van der Waals surface area contributed by atoms with Crippen molar-refractivity contribution in [3.8, 4) is 16.9 Å². The molecule has 3 heteroatoms. The van der Waals surface area contributed by atoms with Gasteiger partial charge in [-0.15, -0.1) is 0 Å². The van der Waals surface area contributed by atoms with E-state index in [4.69, 9.17) is 4.74 Å². The Labute approximate surface area is 110 Å². The van der Waals surface area contributed by atoms with Gasteiger partial charge in [-0.1, -0.05) is 18.2 Å². The average Bonchev–Trinajstić information content (AvgIpc) is 2.48. The molecule has 92 valence electrons. The van der Waals surface area contributed by atoms with Crippen LogP contribution in [0.15, 0.2) is 48.7 Å². The van der Waals surface area contributed by atoms with Crippen molar-refractivity contribution in [1.29, 1.82) is 0 Å². The molecule has 0 fully saturated rings. The predicted octanol–water partition coefficient (Wildman–Crippen LogP) is 3.97. The molecular weight excluding hydrogens is 236 g/mol. The first-order valence-corrected chi connectivity index (χ1v) is 6.20. The molecule has 2 aromatic carbocycles. The topological polar surface area (TPSA) is 34.1 Å². The van der Waals surface area contributed by atoms with Crippen molar-refractivity contribution in [3.63, 3.8) is 0 Å². The first-order valence-electron chi connectivity index (χ1n) is 6.20. The van der Waals surface area contributed by atoms with Gasteiger partial charge in [0.1, 0.15) is 11.3 Å². The number of aromatic nitrogens is 1. The van der Waals surface area contributed by atoms with Gasteiger partial charge in [0.2, 0.25) is 0 Å². The molecule has 0 bridgehead atoms. The molecule has 0 saturated heterocycles. The third-order valence-corrected chi connectivity index (χ3v) is 3.56. The van der Waals surface area contributed by atoms with E-state index in [9.17, 15) is 0 Å². The van der Waals surface area contributed by atoms with Crippen molar-refractivity contribution >= 4 is 22.3 Å². The fraction of sp³-hybridized carbons (Fsp3) is 0.0625. The van der Waals surface area contributed by atoms with E-state index in [1.807, 2.05) is 24.4 Å².